The molecule has 0 amide bonds. The maximum absolute atomic E-state index is 11.1. The number of hydrogen-bond donors (Lipinski definition) is 4. The maximum Gasteiger partial charge on any atom is 0.337 e. The summed E-state index contributed by atoms with van der Waals surface area (Å²) in [4.78, 5) is 22.1. The van der Waals surface area contributed by atoms with Gasteiger partial charge in [0.15, 0.2) is 12.2 Å². The largest absolute Gasteiger partial charge is 0.464 e. The number of esters is 2. The van der Waals surface area contributed by atoms with Gasteiger partial charge in [0.1, 0.15) is 12.2 Å². The third kappa shape index (κ3) is 4.57. The van der Waals surface area contributed by atoms with Gasteiger partial charge in [0.2, 0.25) is 0 Å². The van der Waals surface area contributed by atoms with E-state index in [0.717, 1.165) is 0 Å². The minimum atomic E-state index is -2.07. The van der Waals surface area contributed by atoms with Crippen LogP contribution in [-0.4, -0.2) is 70.0 Å². The number of hydrogen-bond acceptors (Lipinski definition) is 8. The zero-order valence-corrected chi connectivity index (χ0v) is 10.1. The SMILES string of the molecule is CCOC(=O)[C@@H](O)[C@H](O)[C@H](O)[C@@H](O)C(=O)OCC. The van der Waals surface area contributed by atoms with Crippen molar-refractivity contribution in [3.8, 4) is 0 Å². The molecule has 0 unspecified atom stereocenters. The number of carbonyl (C=O) groups excluding carboxylic acids is 2. The Balaban J connectivity index is 4.52. The topological polar surface area (TPSA) is 134 Å². The van der Waals surface area contributed by atoms with Gasteiger partial charge >= 0.3 is 11.9 Å². The van der Waals surface area contributed by atoms with Gasteiger partial charge in [0.05, 0.1) is 13.2 Å². The minimum absolute atomic E-state index is 0.0286. The van der Waals surface area contributed by atoms with Crippen molar-refractivity contribution in [2.24, 2.45) is 0 Å². The minimum Gasteiger partial charge on any atom is -0.464 e. The molecule has 4 atom stereocenters. The summed E-state index contributed by atoms with van der Waals surface area (Å²) >= 11 is 0. The molecule has 0 radical (unpaired) electrons. The standard InChI is InChI=1S/C10H18O8/c1-3-17-9(15)7(13)5(11)6(12)8(14)10(16)18-4-2/h5-8,11-14H,3-4H2,1-2H3/t5-,6+,7+,8-. The lowest BCUT2D eigenvalue weighted by Gasteiger charge is -2.24. The predicted octanol–water partition coefficient (Wildman–Crippen LogP) is -2.44. The molecule has 8 nitrogen and oxygen atoms in total. The highest BCUT2D eigenvalue weighted by Gasteiger charge is 2.38. The van der Waals surface area contributed by atoms with Gasteiger partial charge in [-0.3, -0.25) is 0 Å². The van der Waals surface area contributed by atoms with Crippen molar-refractivity contribution < 1.29 is 39.5 Å². The Hall–Kier alpha value is -1.22. The second-order valence-corrected chi connectivity index (χ2v) is 3.37. The lowest BCUT2D eigenvalue weighted by atomic mass is 10.0. The summed E-state index contributed by atoms with van der Waals surface area (Å²) in [5.41, 5.74) is 0. The summed E-state index contributed by atoms with van der Waals surface area (Å²) in [7, 11) is 0. The van der Waals surface area contributed by atoms with Crippen molar-refractivity contribution in [3.05, 3.63) is 0 Å². The fourth-order valence-electron chi connectivity index (χ4n) is 1.11. The molecule has 0 rings (SSSR count). The monoisotopic (exact) mass is 266 g/mol. The maximum atomic E-state index is 11.1. The number of aliphatic hydroxyl groups excluding tert-OH is 4. The summed E-state index contributed by atoms with van der Waals surface area (Å²) in [5, 5.41) is 37.4. The van der Waals surface area contributed by atoms with Crippen molar-refractivity contribution in [2.45, 2.75) is 38.3 Å². The Morgan fingerprint density at radius 3 is 1.33 bits per heavy atom. The predicted molar refractivity (Wildman–Crippen MR) is 57.3 cm³/mol. The first kappa shape index (κ1) is 16.8. The van der Waals surface area contributed by atoms with E-state index in [1.807, 2.05) is 0 Å². The number of ether oxygens (including phenoxy) is 2. The molecular weight excluding hydrogens is 248 g/mol. The summed E-state index contributed by atoms with van der Waals surface area (Å²) in [5.74, 6) is -2.33. The van der Waals surface area contributed by atoms with Gasteiger partial charge in [-0.15, -0.1) is 0 Å². The van der Waals surface area contributed by atoms with Crippen LogP contribution in [0.4, 0.5) is 0 Å². The van der Waals surface area contributed by atoms with E-state index in [4.69, 9.17) is 0 Å². The first-order valence-electron chi connectivity index (χ1n) is 5.42. The van der Waals surface area contributed by atoms with Crippen LogP contribution in [-0.2, 0) is 19.1 Å². The Bertz CT molecular complexity index is 251. The van der Waals surface area contributed by atoms with Crippen molar-refractivity contribution in [1.29, 1.82) is 0 Å². The Labute approximate surface area is 104 Å². The summed E-state index contributed by atoms with van der Waals surface area (Å²) in [6, 6.07) is 0. The van der Waals surface area contributed by atoms with E-state index in [9.17, 15) is 30.0 Å². The molecule has 8 heteroatoms. The Morgan fingerprint density at radius 1 is 0.833 bits per heavy atom. The zero-order chi connectivity index (χ0) is 14.3. The van der Waals surface area contributed by atoms with E-state index in [2.05, 4.69) is 9.47 Å². The smallest absolute Gasteiger partial charge is 0.337 e. The third-order valence-electron chi connectivity index (χ3n) is 2.05. The summed E-state index contributed by atoms with van der Waals surface area (Å²) in [6.45, 7) is 2.92. The molecule has 0 saturated heterocycles. The van der Waals surface area contributed by atoms with Crippen LogP contribution in [0.2, 0.25) is 0 Å². The molecule has 0 aliphatic carbocycles. The van der Waals surface area contributed by atoms with Gasteiger partial charge in [0.25, 0.3) is 0 Å². The average molecular weight is 266 g/mol. The van der Waals surface area contributed by atoms with Crippen molar-refractivity contribution in [1.82, 2.24) is 0 Å². The summed E-state index contributed by atoms with van der Waals surface area (Å²) in [6.07, 6.45) is -8.26. The van der Waals surface area contributed by atoms with E-state index in [1.165, 1.54) is 13.8 Å². The normalized spacial score (nSPS) is 17.4. The number of carbonyl (C=O) groups is 2. The quantitative estimate of drug-likeness (QED) is 0.373. The molecule has 0 aliphatic rings. The van der Waals surface area contributed by atoms with Crippen molar-refractivity contribution in [3.63, 3.8) is 0 Å². The molecule has 18 heavy (non-hydrogen) atoms. The molecule has 0 fully saturated rings. The van der Waals surface area contributed by atoms with Crippen molar-refractivity contribution in [2.75, 3.05) is 13.2 Å². The fourth-order valence-corrected chi connectivity index (χ4v) is 1.11. The highest BCUT2D eigenvalue weighted by molar-refractivity contribution is 5.77. The molecule has 4 N–H and O–H groups in total. The lowest BCUT2D eigenvalue weighted by Crippen LogP contribution is -2.50. The van der Waals surface area contributed by atoms with E-state index in [-0.39, 0.29) is 13.2 Å². The van der Waals surface area contributed by atoms with E-state index >= 15 is 0 Å². The molecule has 0 aromatic carbocycles. The Kier molecular flexibility index (Phi) is 7.44. The zero-order valence-electron chi connectivity index (χ0n) is 10.1. The van der Waals surface area contributed by atoms with Crippen molar-refractivity contribution >= 4 is 11.9 Å². The van der Waals surface area contributed by atoms with E-state index in [0.29, 0.717) is 0 Å². The second-order valence-electron chi connectivity index (χ2n) is 3.37. The molecule has 0 bridgehead atoms. The molecule has 0 aliphatic heterocycles. The molecule has 0 heterocycles. The van der Waals surface area contributed by atoms with Crippen LogP contribution in [0.25, 0.3) is 0 Å². The summed E-state index contributed by atoms with van der Waals surface area (Å²) < 4.78 is 8.81. The third-order valence-corrected chi connectivity index (χ3v) is 2.05. The van der Waals surface area contributed by atoms with Crippen LogP contribution < -0.4 is 0 Å². The fraction of sp³-hybridized carbons (Fsp3) is 0.800. The molecule has 0 aromatic heterocycles. The van der Waals surface area contributed by atoms with Crippen LogP contribution in [0.15, 0.2) is 0 Å². The van der Waals surface area contributed by atoms with E-state index < -0.39 is 36.4 Å². The lowest BCUT2D eigenvalue weighted by molar-refractivity contribution is -0.178. The highest BCUT2D eigenvalue weighted by atomic mass is 16.6. The number of aliphatic hydroxyl groups is 4. The van der Waals surface area contributed by atoms with Gasteiger partial charge in [0, 0.05) is 0 Å². The van der Waals surface area contributed by atoms with Crippen LogP contribution in [0, 0.1) is 0 Å². The Morgan fingerprint density at radius 2 is 1.11 bits per heavy atom. The number of rotatable bonds is 7. The van der Waals surface area contributed by atoms with E-state index in [1.54, 1.807) is 0 Å². The molecule has 106 valence electrons. The van der Waals surface area contributed by atoms with Gasteiger partial charge in [-0.25, -0.2) is 9.59 Å². The van der Waals surface area contributed by atoms with Gasteiger partial charge in [-0.05, 0) is 13.8 Å². The van der Waals surface area contributed by atoms with Crippen LogP contribution in [0.5, 0.6) is 0 Å². The van der Waals surface area contributed by atoms with Gasteiger partial charge in [-0.1, -0.05) is 0 Å². The molecule has 0 aromatic rings. The molecular formula is C10H18O8. The van der Waals surface area contributed by atoms with Crippen LogP contribution in [0.3, 0.4) is 0 Å². The highest BCUT2D eigenvalue weighted by Crippen LogP contribution is 2.08. The first-order chi connectivity index (χ1) is 8.36. The van der Waals surface area contributed by atoms with Gasteiger partial charge in [-0.2, -0.15) is 0 Å². The molecule has 0 spiro atoms. The molecule has 0 saturated carbocycles. The van der Waals surface area contributed by atoms with Crippen LogP contribution >= 0.6 is 0 Å². The second kappa shape index (κ2) is 7.98. The van der Waals surface area contributed by atoms with Crippen LogP contribution in [0.1, 0.15) is 13.8 Å². The first-order valence-corrected chi connectivity index (χ1v) is 5.42. The average Bonchev–Trinajstić information content (AvgIpc) is 2.35. The van der Waals surface area contributed by atoms with Gasteiger partial charge < -0.3 is 29.9 Å².